The van der Waals surface area contributed by atoms with Crippen molar-refractivity contribution in [1.82, 2.24) is 15.5 Å². The van der Waals surface area contributed by atoms with Gasteiger partial charge in [-0.3, -0.25) is 4.90 Å². The molecule has 0 spiro atoms. The van der Waals surface area contributed by atoms with Crippen molar-refractivity contribution in [3.63, 3.8) is 0 Å². The van der Waals surface area contributed by atoms with Crippen LogP contribution < -0.4 is 10.6 Å². The second kappa shape index (κ2) is 10.5. The van der Waals surface area contributed by atoms with Crippen LogP contribution in [0.5, 0.6) is 0 Å². The van der Waals surface area contributed by atoms with Gasteiger partial charge in [-0.05, 0) is 16.7 Å². The van der Waals surface area contributed by atoms with Crippen LogP contribution in [-0.4, -0.2) is 18.2 Å². The highest BCUT2D eigenvalue weighted by Gasteiger charge is 2.05. The minimum atomic E-state index is 0.839. The van der Waals surface area contributed by atoms with E-state index >= 15 is 0 Å². The maximum absolute atomic E-state index is 3.56. The van der Waals surface area contributed by atoms with Crippen LogP contribution in [0.2, 0.25) is 0 Å². The van der Waals surface area contributed by atoms with Crippen LogP contribution in [0.25, 0.3) is 0 Å². The van der Waals surface area contributed by atoms with Crippen molar-refractivity contribution in [3.05, 3.63) is 108 Å². The largest absolute Gasteiger partial charge is 0.300 e. The van der Waals surface area contributed by atoms with E-state index in [1.807, 2.05) is 0 Å². The average molecular weight is 345 g/mol. The smallest absolute Gasteiger partial charge is 0.0498 e. The molecule has 3 aromatic rings. The minimum absolute atomic E-state index is 0.839. The van der Waals surface area contributed by atoms with Crippen LogP contribution in [0.1, 0.15) is 16.7 Å². The maximum atomic E-state index is 3.56. The molecular weight excluding hydrogens is 318 g/mol. The molecule has 134 valence electrons. The Bertz CT molecular complexity index is 684. The van der Waals surface area contributed by atoms with Gasteiger partial charge in [0.15, 0.2) is 0 Å². The lowest BCUT2D eigenvalue weighted by molar-refractivity contribution is 0.224. The highest BCUT2D eigenvalue weighted by Crippen LogP contribution is 2.04. The molecule has 0 bridgehead atoms. The summed E-state index contributed by atoms with van der Waals surface area (Å²) in [5.74, 6) is 0. The second-order valence-electron chi connectivity index (χ2n) is 6.46. The Labute approximate surface area is 156 Å². The summed E-state index contributed by atoms with van der Waals surface area (Å²) in [5, 5.41) is 7.11. The Morgan fingerprint density at radius 3 is 1.31 bits per heavy atom. The topological polar surface area (TPSA) is 27.3 Å². The van der Waals surface area contributed by atoms with Crippen LogP contribution in [-0.2, 0) is 19.6 Å². The highest BCUT2D eigenvalue weighted by molar-refractivity contribution is 5.16. The van der Waals surface area contributed by atoms with Crippen LogP contribution in [0.4, 0.5) is 0 Å². The van der Waals surface area contributed by atoms with Gasteiger partial charge >= 0.3 is 0 Å². The first kappa shape index (κ1) is 18.3. The lowest BCUT2D eigenvalue weighted by Gasteiger charge is -2.23. The fraction of sp³-hybridized carbons (Fsp3) is 0.217. The lowest BCUT2D eigenvalue weighted by atomic mass is 10.2. The van der Waals surface area contributed by atoms with Gasteiger partial charge < -0.3 is 10.6 Å². The summed E-state index contributed by atoms with van der Waals surface area (Å²) in [5.41, 5.74) is 3.95. The predicted molar refractivity (Wildman–Crippen MR) is 108 cm³/mol. The van der Waals surface area contributed by atoms with Gasteiger partial charge in [-0.25, -0.2) is 0 Å². The normalized spacial score (nSPS) is 11.0. The van der Waals surface area contributed by atoms with Crippen molar-refractivity contribution in [2.75, 3.05) is 13.3 Å². The van der Waals surface area contributed by atoms with Crippen LogP contribution >= 0.6 is 0 Å². The van der Waals surface area contributed by atoms with E-state index < -0.39 is 0 Å². The molecule has 2 N–H and O–H groups in total. The quantitative estimate of drug-likeness (QED) is 0.544. The number of hydrogen-bond donors (Lipinski definition) is 2. The van der Waals surface area contributed by atoms with Crippen molar-refractivity contribution in [2.45, 2.75) is 19.6 Å². The molecule has 0 aromatic heterocycles. The van der Waals surface area contributed by atoms with Gasteiger partial charge in [0.05, 0.1) is 0 Å². The Morgan fingerprint density at radius 2 is 0.885 bits per heavy atom. The molecule has 0 radical (unpaired) electrons. The molecule has 3 aromatic carbocycles. The number of hydrogen-bond acceptors (Lipinski definition) is 3. The zero-order valence-corrected chi connectivity index (χ0v) is 15.1. The molecule has 0 aliphatic rings. The number of nitrogens with one attached hydrogen (secondary N) is 2. The first-order valence-electron chi connectivity index (χ1n) is 9.16. The Morgan fingerprint density at radius 1 is 0.500 bits per heavy atom. The third-order valence-corrected chi connectivity index (χ3v) is 4.26. The molecule has 0 aliphatic heterocycles. The van der Waals surface area contributed by atoms with E-state index in [2.05, 4.69) is 107 Å². The molecule has 0 heterocycles. The number of nitrogens with zero attached hydrogens (tertiary/aromatic N) is 1. The maximum Gasteiger partial charge on any atom is 0.0498 e. The molecule has 0 saturated heterocycles. The summed E-state index contributed by atoms with van der Waals surface area (Å²) < 4.78 is 0. The second-order valence-corrected chi connectivity index (χ2v) is 6.46. The number of benzene rings is 3. The summed E-state index contributed by atoms with van der Waals surface area (Å²) >= 11 is 0. The molecule has 3 heteroatoms. The van der Waals surface area contributed by atoms with E-state index in [0.717, 1.165) is 33.0 Å². The summed E-state index contributed by atoms with van der Waals surface area (Å²) in [7, 11) is 0. The van der Waals surface area contributed by atoms with E-state index in [1.165, 1.54) is 16.7 Å². The molecule has 3 nitrogen and oxygen atoms in total. The van der Waals surface area contributed by atoms with E-state index in [9.17, 15) is 0 Å². The molecule has 0 fully saturated rings. The zero-order chi connectivity index (χ0) is 17.9. The minimum Gasteiger partial charge on any atom is -0.300 e. The molecule has 26 heavy (non-hydrogen) atoms. The average Bonchev–Trinajstić information content (AvgIpc) is 2.70. The number of rotatable bonds is 10. The van der Waals surface area contributed by atoms with Crippen LogP contribution in [0.3, 0.4) is 0 Å². The molecule has 0 amide bonds. The van der Waals surface area contributed by atoms with Crippen molar-refractivity contribution >= 4 is 0 Å². The van der Waals surface area contributed by atoms with Gasteiger partial charge in [-0.2, -0.15) is 0 Å². The summed E-state index contributed by atoms with van der Waals surface area (Å²) in [6.07, 6.45) is 0. The van der Waals surface area contributed by atoms with Gasteiger partial charge in [0, 0.05) is 33.0 Å². The fourth-order valence-corrected chi connectivity index (χ4v) is 2.92. The molecular formula is C23H27N3. The summed E-state index contributed by atoms with van der Waals surface area (Å²) in [4.78, 5) is 2.39. The SMILES string of the molecule is c1ccc(CNCN(CNCc2ccccc2)Cc2ccccc2)cc1. The first-order chi connectivity index (χ1) is 12.9. The van der Waals surface area contributed by atoms with Gasteiger partial charge in [0.1, 0.15) is 0 Å². The Kier molecular flexibility index (Phi) is 7.41. The van der Waals surface area contributed by atoms with E-state index in [-0.39, 0.29) is 0 Å². The Balaban J connectivity index is 1.50. The van der Waals surface area contributed by atoms with Crippen molar-refractivity contribution in [2.24, 2.45) is 0 Å². The lowest BCUT2D eigenvalue weighted by Crippen LogP contribution is -2.39. The van der Waals surface area contributed by atoms with Gasteiger partial charge in [-0.1, -0.05) is 91.0 Å². The molecule has 0 saturated carbocycles. The predicted octanol–water partition coefficient (Wildman–Crippen LogP) is 3.98. The molecule has 0 unspecified atom stereocenters. The summed E-state index contributed by atoms with van der Waals surface area (Å²) in [6, 6.07) is 31.7. The monoisotopic (exact) mass is 345 g/mol. The van der Waals surface area contributed by atoms with Crippen LogP contribution in [0, 0.1) is 0 Å². The standard InChI is InChI=1S/C23H27N3/c1-4-10-21(11-5-1)16-24-19-26(18-23-14-8-3-9-15-23)20-25-17-22-12-6-2-7-13-22/h1-15,24-25H,16-20H2. The summed E-state index contributed by atoms with van der Waals surface area (Å²) in [6.45, 7) is 4.36. The van der Waals surface area contributed by atoms with Crippen molar-refractivity contribution in [3.8, 4) is 0 Å². The van der Waals surface area contributed by atoms with Gasteiger partial charge in [-0.15, -0.1) is 0 Å². The van der Waals surface area contributed by atoms with Crippen LogP contribution in [0.15, 0.2) is 91.0 Å². The third kappa shape index (κ3) is 6.45. The third-order valence-electron chi connectivity index (χ3n) is 4.26. The van der Waals surface area contributed by atoms with Gasteiger partial charge in [0.25, 0.3) is 0 Å². The van der Waals surface area contributed by atoms with Crippen molar-refractivity contribution < 1.29 is 0 Å². The van der Waals surface area contributed by atoms with Gasteiger partial charge in [0.2, 0.25) is 0 Å². The fourth-order valence-electron chi connectivity index (χ4n) is 2.92. The van der Waals surface area contributed by atoms with E-state index in [1.54, 1.807) is 0 Å². The molecule has 0 atom stereocenters. The molecule has 3 rings (SSSR count). The molecule has 0 aliphatic carbocycles. The first-order valence-corrected chi connectivity index (χ1v) is 9.16. The highest BCUT2D eigenvalue weighted by atomic mass is 15.3. The van der Waals surface area contributed by atoms with E-state index in [0.29, 0.717) is 0 Å². The van der Waals surface area contributed by atoms with Crippen molar-refractivity contribution in [1.29, 1.82) is 0 Å². The van der Waals surface area contributed by atoms with E-state index in [4.69, 9.17) is 0 Å². The zero-order valence-electron chi connectivity index (χ0n) is 15.1. The Hall–Kier alpha value is -2.46.